The van der Waals surface area contributed by atoms with Crippen LogP contribution in [0.15, 0.2) is 18.2 Å². The third-order valence-electron chi connectivity index (χ3n) is 2.28. The van der Waals surface area contributed by atoms with Crippen molar-refractivity contribution in [1.29, 1.82) is 0 Å². The highest BCUT2D eigenvalue weighted by molar-refractivity contribution is 6.34. The van der Waals surface area contributed by atoms with Gasteiger partial charge in [-0.2, -0.15) is 0 Å². The number of hydrogen-bond donors (Lipinski definition) is 2. The molecule has 0 amide bonds. The van der Waals surface area contributed by atoms with Crippen molar-refractivity contribution in [2.24, 2.45) is 5.92 Å². The van der Waals surface area contributed by atoms with Crippen LogP contribution in [0.1, 0.15) is 19.4 Å². The summed E-state index contributed by atoms with van der Waals surface area (Å²) in [5, 5.41) is 8.10. The van der Waals surface area contributed by atoms with Crippen molar-refractivity contribution < 1.29 is 0 Å². The van der Waals surface area contributed by atoms with Gasteiger partial charge in [-0.25, -0.2) is 0 Å². The first-order valence-electron chi connectivity index (χ1n) is 5.94. The zero-order chi connectivity index (χ0) is 12.7. The summed E-state index contributed by atoms with van der Waals surface area (Å²) in [7, 11) is 0. The van der Waals surface area contributed by atoms with Gasteiger partial charge in [0.05, 0.1) is 0 Å². The summed E-state index contributed by atoms with van der Waals surface area (Å²) in [6.45, 7) is 8.18. The average Bonchev–Trinajstić information content (AvgIpc) is 2.21. The van der Waals surface area contributed by atoms with Crippen LogP contribution in [-0.2, 0) is 6.54 Å². The van der Waals surface area contributed by atoms with Gasteiger partial charge < -0.3 is 10.6 Å². The quantitative estimate of drug-likeness (QED) is 0.746. The second kappa shape index (κ2) is 7.93. The molecule has 96 valence electrons. The van der Waals surface area contributed by atoms with Crippen molar-refractivity contribution in [2.75, 3.05) is 19.6 Å². The number of halogens is 2. The van der Waals surface area contributed by atoms with Gasteiger partial charge in [-0.05, 0) is 36.2 Å². The molecule has 0 heterocycles. The minimum Gasteiger partial charge on any atom is -0.315 e. The van der Waals surface area contributed by atoms with E-state index in [0.717, 1.165) is 31.7 Å². The van der Waals surface area contributed by atoms with Crippen LogP contribution in [0.5, 0.6) is 0 Å². The molecule has 0 unspecified atom stereocenters. The van der Waals surface area contributed by atoms with E-state index in [0.29, 0.717) is 16.0 Å². The molecule has 2 nitrogen and oxygen atoms in total. The third-order valence-corrected chi connectivity index (χ3v) is 2.72. The lowest BCUT2D eigenvalue weighted by Crippen LogP contribution is -2.29. The van der Waals surface area contributed by atoms with Crippen molar-refractivity contribution in [1.82, 2.24) is 10.6 Å². The highest BCUT2D eigenvalue weighted by Gasteiger charge is 1.98. The lowest BCUT2D eigenvalue weighted by molar-refractivity contribution is 0.535. The maximum atomic E-state index is 5.92. The van der Waals surface area contributed by atoms with Crippen molar-refractivity contribution in [3.8, 4) is 0 Å². The van der Waals surface area contributed by atoms with Gasteiger partial charge in [-0.1, -0.05) is 37.0 Å². The summed E-state index contributed by atoms with van der Waals surface area (Å²) in [5.41, 5.74) is 1.12. The molecule has 0 saturated carbocycles. The molecule has 1 aromatic rings. The molecule has 0 aliphatic carbocycles. The van der Waals surface area contributed by atoms with E-state index in [1.54, 1.807) is 6.07 Å². The van der Waals surface area contributed by atoms with Gasteiger partial charge in [0.25, 0.3) is 0 Å². The number of benzene rings is 1. The van der Waals surface area contributed by atoms with Gasteiger partial charge in [0.15, 0.2) is 0 Å². The summed E-state index contributed by atoms with van der Waals surface area (Å²) in [6, 6.07) is 5.61. The fraction of sp³-hybridized carbons (Fsp3) is 0.538. The first-order valence-corrected chi connectivity index (χ1v) is 6.70. The Bertz CT molecular complexity index is 320. The molecule has 0 spiro atoms. The molecule has 1 rings (SSSR count). The molecule has 4 heteroatoms. The second-order valence-electron chi connectivity index (χ2n) is 4.55. The van der Waals surface area contributed by atoms with Crippen LogP contribution in [-0.4, -0.2) is 19.6 Å². The summed E-state index contributed by atoms with van der Waals surface area (Å²) >= 11 is 11.8. The molecule has 0 bridgehead atoms. The predicted molar refractivity (Wildman–Crippen MR) is 75.9 cm³/mol. The van der Waals surface area contributed by atoms with E-state index in [-0.39, 0.29) is 0 Å². The summed E-state index contributed by atoms with van der Waals surface area (Å²) in [6.07, 6.45) is 0. The molecule has 0 radical (unpaired) electrons. The SMILES string of the molecule is CC(C)CNCCNCc1cc(Cl)cc(Cl)c1. The zero-order valence-corrected chi connectivity index (χ0v) is 11.9. The Balaban J connectivity index is 2.18. The predicted octanol–water partition coefficient (Wildman–Crippen LogP) is 3.33. The molecular weight excluding hydrogens is 255 g/mol. The van der Waals surface area contributed by atoms with Crippen LogP contribution in [0.25, 0.3) is 0 Å². The van der Waals surface area contributed by atoms with E-state index in [2.05, 4.69) is 24.5 Å². The van der Waals surface area contributed by atoms with Gasteiger partial charge in [0, 0.05) is 29.7 Å². The molecule has 0 aliphatic rings. The average molecular weight is 275 g/mol. The number of hydrogen-bond acceptors (Lipinski definition) is 2. The Hall–Kier alpha value is -0.280. The Labute approximate surface area is 114 Å². The largest absolute Gasteiger partial charge is 0.315 e. The van der Waals surface area contributed by atoms with E-state index < -0.39 is 0 Å². The Morgan fingerprint density at radius 3 is 2.18 bits per heavy atom. The third kappa shape index (κ3) is 6.89. The van der Waals surface area contributed by atoms with Gasteiger partial charge >= 0.3 is 0 Å². The van der Waals surface area contributed by atoms with Crippen molar-refractivity contribution in [3.63, 3.8) is 0 Å². The summed E-state index contributed by atoms with van der Waals surface area (Å²) in [4.78, 5) is 0. The molecule has 0 atom stereocenters. The molecular formula is C13H20Cl2N2. The smallest absolute Gasteiger partial charge is 0.0424 e. The molecule has 1 aromatic carbocycles. The van der Waals surface area contributed by atoms with Crippen LogP contribution in [0.4, 0.5) is 0 Å². The fourth-order valence-electron chi connectivity index (χ4n) is 1.51. The van der Waals surface area contributed by atoms with Gasteiger partial charge in [-0.3, -0.25) is 0 Å². The minimum absolute atomic E-state index is 0.687. The van der Waals surface area contributed by atoms with Crippen molar-refractivity contribution >= 4 is 23.2 Å². The van der Waals surface area contributed by atoms with Crippen LogP contribution in [0.2, 0.25) is 10.0 Å². The van der Waals surface area contributed by atoms with Crippen LogP contribution >= 0.6 is 23.2 Å². The van der Waals surface area contributed by atoms with Gasteiger partial charge in [0.1, 0.15) is 0 Å². The Morgan fingerprint density at radius 1 is 1.00 bits per heavy atom. The normalized spacial score (nSPS) is 11.1. The topological polar surface area (TPSA) is 24.1 Å². The van der Waals surface area contributed by atoms with E-state index in [4.69, 9.17) is 23.2 Å². The van der Waals surface area contributed by atoms with Crippen molar-refractivity contribution in [2.45, 2.75) is 20.4 Å². The summed E-state index contributed by atoms with van der Waals surface area (Å²) < 4.78 is 0. The van der Waals surface area contributed by atoms with Gasteiger partial charge in [0.2, 0.25) is 0 Å². The molecule has 17 heavy (non-hydrogen) atoms. The maximum absolute atomic E-state index is 5.92. The number of nitrogens with one attached hydrogen (secondary N) is 2. The van der Waals surface area contributed by atoms with E-state index in [9.17, 15) is 0 Å². The first-order chi connectivity index (χ1) is 8.08. The highest BCUT2D eigenvalue weighted by Crippen LogP contribution is 2.18. The van der Waals surface area contributed by atoms with Crippen LogP contribution in [0.3, 0.4) is 0 Å². The van der Waals surface area contributed by atoms with Crippen LogP contribution < -0.4 is 10.6 Å². The first kappa shape index (κ1) is 14.8. The minimum atomic E-state index is 0.687. The lowest BCUT2D eigenvalue weighted by atomic mass is 10.2. The van der Waals surface area contributed by atoms with E-state index >= 15 is 0 Å². The lowest BCUT2D eigenvalue weighted by Gasteiger charge is -2.09. The molecule has 0 fully saturated rings. The molecule has 0 saturated heterocycles. The highest BCUT2D eigenvalue weighted by atomic mass is 35.5. The second-order valence-corrected chi connectivity index (χ2v) is 5.43. The van der Waals surface area contributed by atoms with Crippen molar-refractivity contribution in [3.05, 3.63) is 33.8 Å². The zero-order valence-electron chi connectivity index (χ0n) is 10.4. The fourth-order valence-corrected chi connectivity index (χ4v) is 2.08. The van der Waals surface area contributed by atoms with E-state index in [1.165, 1.54) is 0 Å². The molecule has 0 aromatic heterocycles. The van der Waals surface area contributed by atoms with Crippen LogP contribution in [0, 0.1) is 5.92 Å². The number of rotatable bonds is 7. The Kier molecular flexibility index (Phi) is 6.90. The van der Waals surface area contributed by atoms with E-state index in [1.807, 2.05) is 12.1 Å². The standard InChI is InChI=1S/C13H20Cl2N2/c1-10(2)8-16-3-4-17-9-11-5-12(14)7-13(15)6-11/h5-7,10,16-17H,3-4,8-9H2,1-2H3. The monoisotopic (exact) mass is 274 g/mol. The molecule has 2 N–H and O–H groups in total. The Morgan fingerprint density at radius 2 is 1.59 bits per heavy atom. The summed E-state index contributed by atoms with van der Waals surface area (Å²) in [5.74, 6) is 0.696. The van der Waals surface area contributed by atoms with Gasteiger partial charge in [-0.15, -0.1) is 0 Å². The maximum Gasteiger partial charge on any atom is 0.0424 e. The molecule has 0 aliphatic heterocycles.